The van der Waals surface area contributed by atoms with Gasteiger partial charge in [0.15, 0.2) is 0 Å². The summed E-state index contributed by atoms with van der Waals surface area (Å²) in [7, 11) is 0. The van der Waals surface area contributed by atoms with Crippen molar-refractivity contribution in [1.82, 2.24) is 5.32 Å². The van der Waals surface area contributed by atoms with E-state index in [1.807, 2.05) is 19.1 Å². The molecule has 0 heterocycles. The first kappa shape index (κ1) is 14.5. The third kappa shape index (κ3) is 4.73. The Morgan fingerprint density at radius 3 is 2.94 bits per heavy atom. The molecule has 1 aliphatic rings. The zero-order chi connectivity index (χ0) is 13.3. The van der Waals surface area contributed by atoms with Crippen LogP contribution in [0.5, 0.6) is 0 Å². The number of allylic oxidation sites excluding steroid dienone is 3. The molecule has 1 atom stereocenters. The maximum Gasteiger partial charge on any atom is 0.407 e. The molecule has 1 rings (SSSR count). The van der Waals surface area contributed by atoms with Crippen molar-refractivity contribution in [2.45, 2.75) is 32.6 Å². The second-order valence-corrected chi connectivity index (χ2v) is 4.61. The number of ether oxygens (including phenoxy) is 1. The molecule has 0 aliphatic heterocycles. The van der Waals surface area contributed by atoms with Gasteiger partial charge < -0.3 is 14.8 Å². The van der Waals surface area contributed by atoms with Crippen molar-refractivity contribution in [3.05, 3.63) is 24.3 Å². The molecule has 0 radical (unpaired) electrons. The molecule has 0 spiro atoms. The van der Waals surface area contributed by atoms with Gasteiger partial charge in [-0.2, -0.15) is 0 Å². The van der Waals surface area contributed by atoms with Crippen LogP contribution in [0.2, 0.25) is 0 Å². The second kappa shape index (κ2) is 7.69. The summed E-state index contributed by atoms with van der Waals surface area (Å²) in [6.45, 7) is 2.66. The van der Waals surface area contributed by atoms with Crippen LogP contribution in [-0.4, -0.2) is 25.5 Å². The average molecular weight is 251 g/mol. The molecule has 4 nitrogen and oxygen atoms in total. The highest BCUT2D eigenvalue weighted by Crippen LogP contribution is 2.35. The number of hydrogen-bond acceptors (Lipinski definition) is 3. The second-order valence-electron chi connectivity index (χ2n) is 4.61. The standard InChI is InChI=1S/C14H21NO3/c1-2-3-10-15-13(17)18-12-14(9-11-16)7-5-4-6-8-14/h2-5,11H,6-10,12H2,1H3,(H,15,17). The van der Waals surface area contributed by atoms with E-state index in [1.165, 1.54) is 0 Å². The van der Waals surface area contributed by atoms with Gasteiger partial charge in [0.25, 0.3) is 0 Å². The first-order chi connectivity index (χ1) is 8.72. The number of carbonyl (C=O) groups is 2. The molecule has 0 aromatic rings. The molecule has 1 N–H and O–H groups in total. The fraction of sp³-hybridized carbons (Fsp3) is 0.571. The minimum Gasteiger partial charge on any atom is -0.449 e. The summed E-state index contributed by atoms with van der Waals surface area (Å²) in [4.78, 5) is 22.2. The van der Waals surface area contributed by atoms with Crippen molar-refractivity contribution >= 4 is 12.4 Å². The third-order valence-corrected chi connectivity index (χ3v) is 3.18. The van der Waals surface area contributed by atoms with E-state index >= 15 is 0 Å². The zero-order valence-electron chi connectivity index (χ0n) is 10.9. The van der Waals surface area contributed by atoms with E-state index in [-0.39, 0.29) is 5.41 Å². The Hall–Kier alpha value is -1.58. The van der Waals surface area contributed by atoms with Crippen LogP contribution in [0, 0.1) is 5.41 Å². The number of nitrogens with one attached hydrogen (secondary N) is 1. The predicted octanol–water partition coefficient (Wildman–Crippen LogP) is 2.60. The molecule has 0 saturated carbocycles. The van der Waals surface area contributed by atoms with Gasteiger partial charge in [0.05, 0.1) is 6.61 Å². The quantitative estimate of drug-likeness (QED) is 0.583. The lowest BCUT2D eigenvalue weighted by atomic mass is 9.75. The molecule has 4 heteroatoms. The molecule has 0 aromatic heterocycles. The smallest absolute Gasteiger partial charge is 0.407 e. The molecule has 1 unspecified atom stereocenters. The van der Waals surface area contributed by atoms with Gasteiger partial charge in [0, 0.05) is 18.4 Å². The normalized spacial score (nSPS) is 22.9. The van der Waals surface area contributed by atoms with Gasteiger partial charge in [-0.3, -0.25) is 0 Å². The Labute approximate surface area is 108 Å². The van der Waals surface area contributed by atoms with Crippen LogP contribution in [0.3, 0.4) is 0 Å². The molecule has 0 aromatic carbocycles. The molecule has 18 heavy (non-hydrogen) atoms. The Morgan fingerprint density at radius 1 is 1.50 bits per heavy atom. The number of alkyl carbamates (subject to hydrolysis) is 1. The van der Waals surface area contributed by atoms with Gasteiger partial charge in [-0.15, -0.1) is 0 Å². The van der Waals surface area contributed by atoms with E-state index < -0.39 is 6.09 Å². The summed E-state index contributed by atoms with van der Waals surface area (Å²) < 4.78 is 5.21. The monoisotopic (exact) mass is 251 g/mol. The number of hydrogen-bond donors (Lipinski definition) is 1. The summed E-state index contributed by atoms with van der Waals surface area (Å²) in [6.07, 6.45) is 11.4. The van der Waals surface area contributed by atoms with Crippen molar-refractivity contribution in [2.24, 2.45) is 5.41 Å². The molecule has 0 fully saturated rings. The molecule has 1 aliphatic carbocycles. The zero-order valence-corrected chi connectivity index (χ0v) is 10.9. The van der Waals surface area contributed by atoms with Crippen LogP contribution in [-0.2, 0) is 9.53 Å². The number of rotatable bonds is 6. The summed E-state index contributed by atoms with van der Waals surface area (Å²) in [5, 5.41) is 2.63. The summed E-state index contributed by atoms with van der Waals surface area (Å²) in [6, 6.07) is 0. The third-order valence-electron chi connectivity index (χ3n) is 3.18. The van der Waals surface area contributed by atoms with Gasteiger partial charge in [-0.1, -0.05) is 24.3 Å². The Morgan fingerprint density at radius 2 is 2.33 bits per heavy atom. The fourth-order valence-corrected chi connectivity index (χ4v) is 2.02. The molecular weight excluding hydrogens is 230 g/mol. The first-order valence-electron chi connectivity index (χ1n) is 6.33. The highest BCUT2D eigenvalue weighted by atomic mass is 16.5. The van der Waals surface area contributed by atoms with Gasteiger partial charge >= 0.3 is 6.09 Å². The maximum atomic E-state index is 11.4. The Kier molecular flexibility index (Phi) is 6.19. The number of amides is 1. The van der Waals surface area contributed by atoms with Crippen molar-refractivity contribution in [1.29, 1.82) is 0 Å². The lowest BCUT2D eigenvalue weighted by molar-refractivity contribution is -0.110. The summed E-state index contributed by atoms with van der Waals surface area (Å²) >= 11 is 0. The topological polar surface area (TPSA) is 55.4 Å². The first-order valence-corrected chi connectivity index (χ1v) is 6.33. The summed E-state index contributed by atoms with van der Waals surface area (Å²) in [5.74, 6) is 0. The van der Waals surface area contributed by atoms with Crippen molar-refractivity contribution in [3.63, 3.8) is 0 Å². The van der Waals surface area contributed by atoms with Gasteiger partial charge in [-0.25, -0.2) is 4.79 Å². The van der Waals surface area contributed by atoms with Crippen LogP contribution in [0.25, 0.3) is 0 Å². The predicted molar refractivity (Wildman–Crippen MR) is 70.3 cm³/mol. The van der Waals surface area contributed by atoms with Crippen LogP contribution >= 0.6 is 0 Å². The van der Waals surface area contributed by atoms with E-state index in [0.717, 1.165) is 25.5 Å². The minimum atomic E-state index is -0.423. The SMILES string of the molecule is CC=CCNC(=O)OCC1(CC=O)CC=CCC1. The van der Waals surface area contributed by atoms with Crippen molar-refractivity contribution < 1.29 is 14.3 Å². The van der Waals surface area contributed by atoms with Crippen LogP contribution in [0.1, 0.15) is 32.6 Å². The fourth-order valence-electron chi connectivity index (χ4n) is 2.02. The van der Waals surface area contributed by atoms with Crippen LogP contribution < -0.4 is 5.32 Å². The molecule has 0 bridgehead atoms. The minimum absolute atomic E-state index is 0.200. The van der Waals surface area contributed by atoms with Crippen LogP contribution in [0.4, 0.5) is 4.79 Å². The van der Waals surface area contributed by atoms with Crippen molar-refractivity contribution in [2.75, 3.05) is 13.2 Å². The lowest BCUT2D eigenvalue weighted by Crippen LogP contribution is -2.33. The Balaban J connectivity index is 2.40. The average Bonchev–Trinajstić information content (AvgIpc) is 2.38. The van der Waals surface area contributed by atoms with Crippen LogP contribution in [0.15, 0.2) is 24.3 Å². The molecular formula is C14H21NO3. The lowest BCUT2D eigenvalue weighted by Gasteiger charge is -2.32. The van der Waals surface area contributed by atoms with E-state index in [1.54, 1.807) is 0 Å². The van der Waals surface area contributed by atoms with E-state index in [0.29, 0.717) is 19.6 Å². The maximum absolute atomic E-state index is 11.4. The Bertz CT molecular complexity index is 336. The van der Waals surface area contributed by atoms with E-state index in [2.05, 4.69) is 17.5 Å². The molecule has 0 saturated heterocycles. The highest BCUT2D eigenvalue weighted by molar-refractivity contribution is 5.67. The van der Waals surface area contributed by atoms with Gasteiger partial charge in [-0.05, 0) is 26.2 Å². The number of carbonyl (C=O) groups excluding carboxylic acids is 2. The van der Waals surface area contributed by atoms with Gasteiger partial charge in [0.2, 0.25) is 0 Å². The van der Waals surface area contributed by atoms with Gasteiger partial charge in [0.1, 0.15) is 6.29 Å². The van der Waals surface area contributed by atoms with E-state index in [4.69, 9.17) is 4.74 Å². The molecule has 100 valence electrons. The summed E-state index contributed by atoms with van der Waals surface area (Å²) in [5.41, 5.74) is -0.200. The number of aldehydes is 1. The highest BCUT2D eigenvalue weighted by Gasteiger charge is 2.31. The van der Waals surface area contributed by atoms with Crippen molar-refractivity contribution in [3.8, 4) is 0 Å². The van der Waals surface area contributed by atoms with E-state index in [9.17, 15) is 9.59 Å². The molecule has 1 amide bonds. The largest absolute Gasteiger partial charge is 0.449 e.